The van der Waals surface area contributed by atoms with Gasteiger partial charge in [-0.05, 0) is 23.8 Å². The van der Waals surface area contributed by atoms with Crippen molar-refractivity contribution in [1.29, 1.82) is 0 Å². The maximum atomic E-state index is 14.7. The molecule has 6 rings (SSSR count). The number of rotatable bonds is 7. The van der Waals surface area contributed by atoms with Crippen LogP contribution >= 0.6 is 0 Å². The molecule has 1 atom stereocenters. The molecule has 0 bridgehead atoms. The van der Waals surface area contributed by atoms with Crippen LogP contribution < -0.4 is 10.1 Å². The molecular formula is C23H23F4N7O2. The van der Waals surface area contributed by atoms with E-state index in [0.717, 1.165) is 5.56 Å². The number of alkyl halides is 4. The Kier molecular flexibility index (Phi) is 5.48. The standard InChI is InChI=1S/C23H23F4N7O2/c1-35-21-20-15(13-2-3-16-17(6-13)33(12-28-16)8-19(24)25)4-5-34(20)31-22(30-21)29-18-7-32(11-23(18,26)27)14-9-36-10-14/h2-6,12,14,18-19H,7-11H2,1H3,(H,29,31)/t18-/m1/s1. The molecule has 2 saturated heterocycles. The van der Waals surface area contributed by atoms with E-state index in [0.29, 0.717) is 35.3 Å². The largest absolute Gasteiger partial charge is 0.479 e. The normalized spacial score (nSPS) is 20.4. The van der Waals surface area contributed by atoms with Gasteiger partial charge in [0.05, 0.1) is 56.8 Å². The number of aromatic nitrogens is 5. The number of benzene rings is 1. The molecule has 1 aromatic carbocycles. The first-order valence-corrected chi connectivity index (χ1v) is 11.5. The number of anilines is 1. The molecule has 0 radical (unpaired) electrons. The fraction of sp³-hybridized carbons (Fsp3) is 0.435. The Morgan fingerprint density at radius 1 is 1.25 bits per heavy atom. The van der Waals surface area contributed by atoms with Crippen molar-refractivity contribution in [2.45, 2.75) is 31.0 Å². The third kappa shape index (κ3) is 3.91. The highest BCUT2D eigenvalue weighted by molar-refractivity contribution is 5.89. The number of halogens is 4. The third-order valence-corrected chi connectivity index (χ3v) is 6.72. The molecule has 9 nitrogen and oxygen atoms in total. The minimum atomic E-state index is -2.96. The van der Waals surface area contributed by atoms with Gasteiger partial charge in [-0.3, -0.25) is 4.90 Å². The Balaban J connectivity index is 1.33. The summed E-state index contributed by atoms with van der Waals surface area (Å²) < 4.78 is 68.9. The SMILES string of the molecule is COc1nc(N[C@@H]2CN(C3COC3)CC2(F)F)nn2ccc(-c3ccc4ncn(CC(F)F)c4c3)c12. The molecule has 0 spiro atoms. The van der Waals surface area contributed by atoms with E-state index < -0.39 is 24.9 Å². The summed E-state index contributed by atoms with van der Waals surface area (Å²) in [6.45, 7) is 0.249. The molecule has 3 aromatic heterocycles. The molecule has 2 aliphatic heterocycles. The van der Waals surface area contributed by atoms with Crippen LogP contribution in [0.2, 0.25) is 0 Å². The molecule has 0 amide bonds. The summed E-state index contributed by atoms with van der Waals surface area (Å²) in [5, 5.41) is 7.18. The Morgan fingerprint density at radius 2 is 2.08 bits per heavy atom. The highest BCUT2D eigenvalue weighted by atomic mass is 19.3. The molecule has 13 heteroatoms. The summed E-state index contributed by atoms with van der Waals surface area (Å²) in [7, 11) is 1.44. The van der Waals surface area contributed by atoms with Crippen LogP contribution in [0.1, 0.15) is 0 Å². The summed E-state index contributed by atoms with van der Waals surface area (Å²) >= 11 is 0. The van der Waals surface area contributed by atoms with Crippen LogP contribution in [0.15, 0.2) is 36.8 Å². The van der Waals surface area contributed by atoms with Gasteiger partial charge in [-0.1, -0.05) is 6.07 Å². The lowest BCUT2D eigenvalue weighted by molar-refractivity contribution is -0.0711. The Labute approximate surface area is 202 Å². The van der Waals surface area contributed by atoms with Crippen LogP contribution in [0.5, 0.6) is 5.88 Å². The van der Waals surface area contributed by atoms with Crippen LogP contribution in [-0.4, -0.2) is 86.9 Å². The summed E-state index contributed by atoms with van der Waals surface area (Å²) in [5.41, 5.74) is 3.11. The number of methoxy groups -OCH3 is 1. The van der Waals surface area contributed by atoms with E-state index in [2.05, 4.69) is 20.4 Å². The molecule has 2 aliphatic rings. The van der Waals surface area contributed by atoms with Gasteiger partial charge < -0.3 is 19.4 Å². The molecule has 4 aromatic rings. The second kappa shape index (κ2) is 8.59. The van der Waals surface area contributed by atoms with Gasteiger partial charge in [0.15, 0.2) is 0 Å². The van der Waals surface area contributed by atoms with E-state index in [1.54, 1.807) is 29.3 Å². The second-order valence-corrected chi connectivity index (χ2v) is 9.04. The number of hydrogen-bond acceptors (Lipinski definition) is 7. The summed E-state index contributed by atoms with van der Waals surface area (Å²) in [6.07, 6.45) is 0.547. The summed E-state index contributed by atoms with van der Waals surface area (Å²) in [6, 6.07) is 5.97. The summed E-state index contributed by atoms with van der Waals surface area (Å²) in [4.78, 5) is 10.3. The zero-order valence-corrected chi connectivity index (χ0v) is 19.2. The second-order valence-electron chi connectivity index (χ2n) is 9.04. The first-order valence-electron chi connectivity index (χ1n) is 11.5. The molecule has 190 valence electrons. The number of fused-ring (bicyclic) bond motifs is 2. The predicted octanol–water partition coefficient (Wildman–Crippen LogP) is 3.15. The number of hydrogen-bond donors (Lipinski definition) is 1. The van der Waals surface area contributed by atoms with Gasteiger partial charge in [-0.15, -0.1) is 5.10 Å². The molecule has 0 aliphatic carbocycles. The first-order chi connectivity index (χ1) is 17.3. The van der Waals surface area contributed by atoms with Crippen LogP contribution in [0.3, 0.4) is 0 Å². The molecule has 0 unspecified atom stereocenters. The van der Waals surface area contributed by atoms with Gasteiger partial charge in [0.2, 0.25) is 11.8 Å². The molecule has 36 heavy (non-hydrogen) atoms. The fourth-order valence-corrected chi connectivity index (χ4v) is 4.78. The van der Waals surface area contributed by atoms with Crippen molar-refractivity contribution < 1.29 is 27.0 Å². The van der Waals surface area contributed by atoms with E-state index in [9.17, 15) is 17.6 Å². The van der Waals surface area contributed by atoms with Crippen molar-refractivity contribution in [3.63, 3.8) is 0 Å². The minimum absolute atomic E-state index is 0.00181. The van der Waals surface area contributed by atoms with Gasteiger partial charge in [0, 0.05) is 18.3 Å². The van der Waals surface area contributed by atoms with Crippen molar-refractivity contribution >= 4 is 22.5 Å². The van der Waals surface area contributed by atoms with Crippen molar-refractivity contribution in [2.75, 3.05) is 38.7 Å². The lowest BCUT2D eigenvalue weighted by atomic mass is 10.1. The minimum Gasteiger partial charge on any atom is -0.479 e. The van der Waals surface area contributed by atoms with Gasteiger partial charge in [0.1, 0.15) is 11.6 Å². The van der Waals surface area contributed by atoms with Gasteiger partial charge in [0.25, 0.3) is 12.3 Å². The van der Waals surface area contributed by atoms with E-state index in [-0.39, 0.29) is 31.0 Å². The van der Waals surface area contributed by atoms with Crippen LogP contribution in [0.4, 0.5) is 23.5 Å². The van der Waals surface area contributed by atoms with Crippen molar-refractivity contribution in [3.05, 3.63) is 36.8 Å². The smallest absolute Gasteiger partial charge is 0.281 e. The van der Waals surface area contributed by atoms with E-state index >= 15 is 0 Å². The lowest BCUT2D eigenvalue weighted by Gasteiger charge is -2.34. The van der Waals surface area contributed by atoms with Gasteiger partial charge in [-0.2, -0.15) is 4.98 Å². The van der Waals surface area contributed by atoms with Crippen molar-refractivity contribution in [2.24, 2.45) is 0 Å². The maximum absolute atomic E-state index is 14.7. The van der Waals surface area contributed by atoms with Crippen molar-refractivity contribution in [3.8, 4) is 17.0 Å². The van der Waals surface area contributed by atoms with Crippen molar-refractivity contribution in [1.82, 2.24) is 29.0 Å². The third-order valence-electron chi connectivity index (χ3n) is 6.72. The summed E-state index contributed by atoms with van der Waals surface area (Å²) in [5.74, 6) is -2.75. The van der Waals surface area contributed by atoms with Crippen LogP contribution in [0.25, 0.3) is 27.7 Å². The Morgan fingerprint density at radius 3 is 2.81 bits per heavy atom. The number of ether oxygens (including phenoxy) is 2. The number of nitrogens with zero attached hydrogens (tertiary/aromatic N) is 6. The number of nitrogens with one attached hydrogen (secondary N) is 1. The average Bonchev–Trinajstić information content (AvgIpc) is 3.47. The zero-order valence-electron chi connectivity index (χ0n) is 19.2. The van der Waals surface area contributed by atoms with Crippen LogP contribution in [-0.2, 0) is 11.3 Å². The molecular weight excluding hydrogens is 482 g/mol. The molecule has 1 N–H and O–H groups in total. The topological polar surface area (TPSA) is 81.7 Å². The highest BCUT2D eigenvalue weighted by Gasteiger charge is 2.51. The monoisotopic (exact) mass is 505 g/mol. The Hall–Kier alpha value is -3.45. The molecule has 0 saturated carbocycles. The zero-order chi connectivity index (χ0) is 25.0. The van der Waals surface area contributed by atoms with E-state index in [1.807, 2.05) is 6.07 Å². The van der Waals surface area contributed by atoms with E-state index in [4.69, 9.17) is 9.47 Å². The lowest BCUT2D eigenvalue weighted by Crippen LogP contribution is -2.48. The first kappa shape index (κ1) is 23.0. The van der Waals surface area contributed by atoms with Gasteiger partial charge in [-0.25, -0.2) is 27.1 Å². The predicted molar refractivity (Wildman–Crippen MR) is 123 cm³/mol. The highest BCUT2D eigenvalue weighted by Crippen LogP contribution is 2.35. The van der Waals surface area contributed by atoms with E-state index in [1.165, 1.54) is 22.5 Å². The van der Waals surface area contributed by atoms with Crippen LogP contribution in [0, 0.1) is 0 Å². The quantitative estimate of drug-likeness (QED) is 0.387. The van der Waals surface area contributed by atoms with Gasteiger partial charge >= 0.3 is 0 Å². The average molecular weight is 505 g/mol. The number of likely N-dealkylation sites (tertiary alicyclic amines) is 1. The molecule has 2 fully saturated rings. The fourth-order valence-electron chi connectivity index (χ4n) is 4.78. The maximum Gasteiger partial charge on any atom is 0.281 e. The molecule has 5 heterocycles. The number of imidazole rings is 1. The Bertz CT molecular complexity index is 1420.